The summed E-state index contributed by atoms with van der Waals surface area (Å²) in [4.78, 5) is 13.1. The second kappa shape index (κ2) is 5.59. The highest BCUT2D eigenvalue weighted by molar-refractivity contribution is 7.98. The van der Waals surface area contributed by atoms with Crippen molar-refractivity contribution in [3.05, 3.63) is 23.1 Å². The molecule has 0 aliphatic rings. The zero-order valence-electron chi connectivity index (χ0n) is 10.9. The summed E-state index contributed by atoms with van der Waals surface area (Å²) in [5.41, 5.74) is 1.07. The molecular formula is C13H13N3OS2. The third-order valence-corrected chi connectivity index (χ3v) is 4.25. The Balaban J connectivity index is 2.65. The highest BCUT2D eigenvalue weighted by Gasteiger charge is 2.24. The largest absolute Gasteiger partial charge is 0.272 e. The highest BCUT2D eigenvalue weighted by atomic mass is 32.2. The molecule has 0 saturated heterocycles. The van der Waals surface area contributed by atoms with Gasteiger partial charge in [0.25, 0.3) is 5.91 Å². The van der Waals surface area contributed by atoms with E-state index in [2.05, 4.69) is 11.2 Å². The Hall–Kier alpha value is -1.58. The van der Waals surface area contributed by atoms with Gasteiger partial charge in [0.1, 0.15) is 22.4 Å². The molecule has 0 aliphatic heterocycles. The van der Waals surface area contributed by atoms with Gasteiger partial charge < -0.3 is 0 Å². The van der Waals surface area contributed by atoms with Gasteiger partial charge >= 0.3 is 0 Å². The normalized spacial score (nSPS) is 10.7. The Kier molecular flexibility index (Phi) is 4.08. The molecular weight excluding hydrogens is 278 g/mol. The first-order chi connectivity index (χ1) is 9.10. The minimum Gasteiger partial charge on any atom is -0.272 e. The van der Waals surface area contributed by atoms with Crippen LogP contribution in [-0.2, 0) is 0 Å². The lowest BCUT2D eigenvalue weighted by Gasteiger charge is -2.06. The summed E-state index contributed by atoms with van der Waals surface area (Å²) in [6.07, 6.45) is 1.85. The van der Waals surface area contributed by atoms with E-state index in [1.54, 1.807) is 0 Å². The van der Waals surface area contributed by atoms with E-state index in [0.717, 1.165) is 4.88 Å². The van der Waals surface area contributed by atoms with E-state index >= 15 is 0 Å². The van der Waals surface area contributed by atoms with Gasteiger partial charge in [-0.2, -0.15) is 15.0 Å². The van der Waals surface area contributed by atoms with Crippen molar-refractivity contribution in [2.24, 2.45) is 5.92 Å². The first-order valence-electron chi connectivity index (χ1n) is 5.75. The fraction of sp³-hybridized carbons (Fsp3) is 0.308. The molecule has 0 bridgehead atoms. The average Bonchev–Trinajstić information content (AvgIpc) is 3.03. The van der Waals surface area contributed by atoms with Crippen molar-refractivity contribution < 1.29 is 4.79 Å². The quantitative estimate of drug-likeness (QED) is 0.812. The lowest BCUT2D eigenvalue weighted by molar-refractivity contribution is 0.0827. The third kappa shape index (κ3) is 2.44. The van der Waals surface area contributed by atoms with E-state index in [0.29, 0.717) is 16.3 Å². The van der Waals surface area contributed by atoms with Crippen molar-refractivity contribution in [3.63, 3.8) is 0 Å². The average molecular weight is 291 g/mol. The molecule has 2 aromatic rings. The van der Waals surface area contributed by atoms with Crippen LogP contribution in [0, 0.1) is 17.2 Å². The number of carbonyl (C=O) groups is 1. The molecule has 98 valence electrons. The number of thiophene rings is 1. The predicted molar refractivity (Wildman–Crippen MR) is 77.5 cm³/mol. The molecule has 6 heteroatoms. The summed E-state index contributed by atoms with van der Waals surface area (Å²) in [7, 11) is 0. The topological polar surface area (TPSA) is 58.7 Å². The van der Waals surface area contributed by atoms with E-state index < -0.39 is 0 Å². The Bertz CT molecular complexity index is 636. The van der Waals surface area contributed by atoms with Gasteiger partial charge in [0.15, 0.2) is 0 Å². The van der Waals surface area contributed by atoms with Crippen LogP contribution < -0.4 is 0 Å². The highest BCUT2D eigenvalue weighted by Crippen LogP contribution is 2.32. The number of aromatic nitrogens is 2. The number of nitrogens with zero attached hydrogens (tertiary/aromatic N) is 3. The van der Waals surface area contributed by atoms with Crippen LogP contribution in [0.1, 0.15) is 24.2 Å². The number of nitriles is 1. The van der Waals surface area contributed by atoms with E-state index in [9.17, 15) is 10.1 Å². The van der Waals surface area contributed by atoms with Crippen molar-refractivity contribution >= 4 is 29.0 Å². The van der Waals surface area contributed by atoms with E-state index in [-0.39, 0.29) is 11.8 Å². The SMILES string of the molecule is CSc1c(C#N)c(-c2cccs2)nn1C(=O)C(C)C. The number of hydrogen-bond acceptors (Lipinski definition) is 5. The zero-order chi connectivity index (χ0) is 14.0. The maximum Gasteiger partial charge on any atom is 0.250 e. The predicted octanol–water partition coefficient (Wildman–Crippen LogP) is 3.50. The molecule has 2 rings (SSSR count). The van der Waals surface area contributed by atoms with Crippen LogP contribution in [0.3, 0.4) is 0 Å². The molecule has 19 heavy (non-hydrogen) atoms. The number of carbonyl (C=O) groups excluding carboxylic acids is 1. The molecule has 0 unspecified atom stereocenters. The fourth-order valence-corrected chi connectivity index (χ4v) is 3.04. The van der Waals surface area contributed by atoms with Crippen LogP contribution in [-0.4, -0.2) is 21.9 Å². The Morgan fingerprint density at radius 2 is 2.32 bits per heavy atom. The van der Waals surface area contributed by atoms with Gasteiger partial charge in [0.2, 0.25) is 0 Å². The summed E-state index contributed by atoms with van der Waals surface area (Å²) in [5, 5.41) is 16.2. The molecule has 0 radical (unpaired) electrons. The Morgan fingerprint density at radius 3 is 2.79 bits per heavy atom. The van der Waals surface area contributed by atoms with Crippen LogP contribution >= 0.6 is 23.1 Å². The Morgan fingerprint density at radius 1 is 1.58 bits per heavy atom. The molecule has 0 N–H and O–H groups in total. The molecule has 0 saturated carbocycles. The number of rotatable bonds is 3. The molecule has 0 fully saturated rings. The van der Waals surface area contributed by atoms with Crippen LogP contribution in [0.5, 0.6) is 0 Å². The van der Waals surface area contributed by atoms with Crippen LogP contribution in [0.25, 0.3) is 10.6 Å². The maximum atomic E-state index is 12.2. The second-order valence-electron chi connectivity index (χ2n) is 4.23. The van der Waals surface area contributed by atoms with Gasteiger partial charge in [-0.1, -0.05) is 19.9 Å². The molecule has 2 aromatic heterocycles. The lowest BCUT2D eigenvalue weighted by atomic mass is 10.2. The van der Waals surface area contributed by atoms with E-state index in [1.807, 2.05) is 37.6 Å². The van der Waals surface area contributed by atoms with Gasteiger partial charge in [-0.05, 0) is 17.7 Å². The van der Waals surface area contributed by atoms with E-state index in [1.165, 1.54) is 27.8 Å². The number of hydrogen-bond donors (Lipinski definition) is 0. The molecule has 2 heterocycles. The minimum atomic E-state index is -0.159. The van der Waals surface area contributed by atoms with Crippen molar-refractivity contribution in [1.82, 2.24) is 9.78 Å². The summed E-state index contributed by atoms with van der Waals surface area (Å²) in [6.45, 7) is 3.65. The second-order valence-corrected chi connectivity index (χ2v) is 5.97. The Labute approximate surface area is 120 Å². The van der Waals surface area contributed by atoms with E-state index in [4.69, 9.17) is 0 Å². The van der Waals surface area contributed by atoms with Gasteiger partial charge in [0, 0.05) is 5.92 Å². The van der Waals surface area contributed by atoms with Gasteiger partial charge in [0.05, 0.1) is 4.88 Å². The third-order valence-electron chi connectivity index (χ3n) is 2.61. The first kappa shape index (κ1) is 13.8. The van der Waals surface area contributed by atoms with Crippen LogP contribution in [0.4, 0.5) is 0 Å². The monoisotopic (exact) mass is 291 g/mol. The summed E-state index contributed by atoms with van der Waals surface area (Å²) in [5.74, 6) is -0.253. The maximum absolute atomic E-state index is 12.2. The first-order valence-corrected chi connectivity index (χ1v) is 7.85. The number of thioether (sulfide) groups is 1. The molecule has 0 aliphatic carbocycles. The molecule has 0 spiro atoms. The van der Waals surface area contributed by atoms with Gasteiger partial charge in [-0.25, -0.2) is 0 Å². The summed E-state index contributed by atoms with van der Waals surface area (Å²) in [6, 6.07) is 5.98. The smallest absolute Gasteiger partial charge is 0.250 e. The standard InChI is InChI=1S/C13H13N3OS2/c1-8(2)12(17)16-13(18-3)9(7-14)11(15-16)10-5-4-6-19-10/h4-6,8H,1-3H3. The minimum absolute atomic E-state index is 0.0938. The van der Waals surface area contributed by atoms with Crippen molar-refractivity contribution in [2.75, 3.05) is 6.26 Å². The van der Waals surface area contributed by atoms with Crippen molar-refractivity contribution in [2.45, 2.75) is 18.9 Å². The van der Waals surface area contributed by atoms with Crippen molar-refractivity contribution in [3.8, 4) is 16.6 Å². The zero-order valence-corrected chi connectivity index (χ0v) is 12.5. The molecule has 0 aromatic carbocycles. The summed E-state index contributed by atoms with van der Waals surface area (Å²) >= 11 is 2.88. The van der Waals surface area contributed by atoms with Crippen LogP contribution in [0.2, 0.25) is 0 Å². The van der Waals surface area contributed by atoms with Gasteiger partial charge in [-0.15, -0.1) is 23.1 Å². The summed E-state index contributed by atoms with van der Waals surface area (Å²) < 4.78 is 1.36. The van der Waals surface area contributed by atoms with Crippen LogP contribution in [0.15, 0.2) is 22.5 Å². The molecule has 0 atom stereocenters. The van der Waals surface area contributed by atoms with Crippen molar-refractivity contribution in [1.29, 1.82) is 5.26 Å². The van der Waals surface area contributed by atoms with Gasteiger partial charge in [-0.3, -0.25) is 4.79 Å². The molecule has 0 amide bonds. The molecule has 4 nitrogen and oxygen atoms in total. The lowest BCUT2D eigenvalue weighted by Crippen LogP contribution is -2.19. The fourth-order valence-electron chi connectivity index (χ4n) is 1.67.